The molecule has 0 saturated heterocycles. The highest BCUT2D eigenvalue weighted by molar-refractivity contribution is 5.94. The number of anilines is 1. The van der Waals surface area contributed by atoms with E-state index in [9.17, 15) is 9.59 Å². The van der Waals surface area contributed by atoms with Gasteiger partial charge in [-0.25, -0.2) is 0 Å². The Morgan fingerprint density at radius 3 is 2.35 bits per heavy atom. The van der Waals surface area contributed by atoms with Crippen molar-refractivity contribution in [2.75, 3.05) is 5.73 Å². The Kier molecular flexibility index (Phi) is 4.00. The third kappa shape index (κ3) is 3.35. The summed E-state index contributed by atoms with van der Waals surface area (Å²) >= 11 is 0. The van der Waals surface area contributed by atoms with Crippen LogP contribution in [0.1, 0.15) is 26.3 Å². The van der Waals surface area contributed by atoms with Crippen molar-refractivity contribution >= 4 is 17.5 Å². The molecule has 0 spiro atoms. The van der Waals surface area contributed by atoms with Crippen molar-refractivity contribution in [1.29, 1.82) is 0 Å². The van der Waals surface area contributed by atoms with Gasteiger partial charge in [-0.15, -0.1) is 0 Å². The Labute approximate surface area is 116 Å². The fourth-order valence-electron chi connectivity index (χ4n) is 1.75. The summed E-state index contributed by atoms with van der Waals surface area (Å²) in [6.07, 6.45) is 0. The zero-order valence-electron chi connectivity index (χ0n) is 10.8. The molecule has 0 atom stereocenters. The van der Waals surface area contributed by atoms with Crippen LogP contribution >= 0.6 is 0 Å². The number of nitrogen functional groups attached to an aromatic ring is 1. The van der Waals surface area contributed by atoms with Gasteiger partial charge >= 0.3 is 0 Å². The largest absolute Gasteiger partial charge is 0.399 e. The lowest BCUT2D eigenvalue weighted by Crippen LogP contribution is -2.23. The second kappa shape index (κ2) is 5.88. The van der Waals surface area contributed by atoms with Crippen LogP contribution in [-0.4, -0.2) is 11.8 Å². The molecule has 2 rings (SSSR count). The summed E-state index contributed by atoms with van der Waals surface area (Å²) in [7, 11) is 0. The zero-order valence-corrected chi connectivity index (χ0v) is 10.8. The second-order valence-corrected chi connectivity index (χ2v) is 4.37. The molecule has 2 aromatic rings. The third-order valence-corrected chi connectivity index (χ3v) is 2.84. The summed E-state index contributed by atoms with van der Waals surface area (Å²) in [5, 5.41) is 2.77. The molecule has 0 bridgehead atoms. The van der Waals surface area contributed by atoms with Crippen molar-refractivity contribution in [3.05, 3.63) is 65.2 Å². The van der Waals surface area contributed by atoms with E-state index in [1.165, 1.54) is 0 Å². The van der Waals surface area contributed by atoms with Gasteiger partial charge in [0.05, 0.1) is 0 Å². The predicted octanol–water partition coefficient (Wildman–Crippen LogP) is 1.30. The van der Waals surface area contributed by atoms with Crippen LogP contribution in [0, 0.1) is 0 Å². The molecule has 20 heavy (non-hydrogen) atoms. The van der Waals surface area contributed by atoms with Gasteiger partial charge in [-0.2, -0.15) is 0 Å². The molecule has 2 amide bonds. The number of primary amides is 1. The number of hydrogen-bond acceptors (Lipinski definition) is 3. The van der Waals surface area contributed by atoms with E-state index in [0.29, 0.717) is 23.4 Å². The van der Waals surface area contributed by atoms with Gasteiger partial charge in [0, 0.05) is 23.4 Å². The lowest BCUT2D eigenvalue weighted by atomic mass is 10.1. The van der Waals surface area contributed by atoms with Gasteiger partial charge in [0.2, 0.25) is 5.91 Å². The highest BCUT2D eigenvalue weighted by Crippen LogP contribution is 2.07. The smallest absolute Gasteiger partial charge is 0.251 e. The molecule has 5 N–H and O–H groups in total. The van der Waals surface area contributed by atoms with Gasteiger partial charge in [-0.1, -0.05) is 12.1 Å². The van der Waals surface area contributed by atoms with E-state index in [2.05, 4.69) is 5.32 Å². The van der Waals surface area contributed by atoms with E-state index in [-0.39, 0.29) is 5.91 Å². The molecule has 0 aromatic heterocycles. The molecule has 102 valence electrons. The highest BCUT2D eigenvalue weighted by atomic mass is 16.2. The maximum Gasteiger partial charge on any atom is 0.251 e. The summed E-state index contributed by atoms with van der Waals surface area (Å²) in [6.45, 7) is 0.324. The molecule has 0 heterocycles. The standard InChI is InChI=1S/C15H15N3O2/c16-13-6-4-11(5-7-13)15(20)18-9-10-2-1-3-12(8-10)14(17)19/h1-8H,9,16H2,(H2,17,19)(H,18,20). The molecule has 0 radical (unpaired) electrons. The van der Waals surface area contributed by atoms with Crippen LogP contribution in [0.15, 0.2) is 48.5 Å². The molecular weight excluding hydrogens is 254 g/mol. The molecule has 0 saturated carbocycles. The molecule has 0 aliphatic carbocycles. The Balaban J connectivity index is 2.01. The van der Waals surface area contributed by atoms with Gasteiger partial charge in [-0.3, -0.25) is 9.59 Å². The van der Waals surface area contributed by atoms with E-state index < -0.39 is 5.91 Å². The maximum atomic E-state index is 11.9. The number of nitrogens with two attached hydrogens (primary N) is 2. The Morgan fingerprint density at radius 1 is 1.00 bits per heavy atom. The van der Waals surface area contributed by atoms with Gasteiger partial charge in [0.1, 0.15) is 0 Å². The molecule has 0 aliphatic rings. The quantitative estimate of drug-likeness (QED) is 0.729. The molecule has 0 fully saturated rings. The van der Waals surface area contributed by atoms with Gasteiger partial charge in [-0.05, 0) is 42.0 Å². The van der Waals surface area contributed by atoms with Gasteiger partial charge in [0.25, 0.3) is 5.91 Å². The van der Waals surface area contributed by atoms with Crippen molar-refractivity contribution < 1.29 is 9.59 Å². The number of carbonyl (C=O) groups is 2. The SMILES string of the molecule is NC(=O)c1cccc(CNC(=O)c2ccc(N)cc2)c1. The fourth-order valence-corrected chi connectivity index (χ4v) is 1.75. The van der Waals surface area contributed by atoms with E-state index >= 15 is 0 Å². The first kappa shape index (κ1) is 13.6. The number of carbonyl (C=O) groups excluding carboxylic acids is 2. The Hall–Kier alpha value is -2.82. The van der Waals surface area contributed by atoms with Crippen LogP contribution in [-0.2, 0) is 6.54 Å². The van der Waals surface area contributed by atoms with Crippen LogP contribution in [0.5, 0.6) is 0 Å². The summed E-state index contributed by atoms with van der Waals surface area (Å²) in [4.78, 5) is 23.0. The van der Waals surface area contributed by atoms with Crippen LogP contribution in [0.2, 0.25) is 0 Å². The molecule has 0 aliphatic heterocycles. The zero-order chi connectivity index (χ0) is 14.5. The first-order chi connectivity index (χ1) is 9.56. The van der Waals surface area contributed by atoms with Crippen LogP contribution in [0.4, 0.5) is 5.69 Å². The molecule has 5 nitrogen and oxygen atoms in total. The fraction of sp³-hybridized carbons (Fsp3) is 0.0667. The monoisotopic (exact) mass is 269 g/mol. The highest BCUT2D eigenvalue weighted by Gasteiger charge is 2.06. The number of hydrogen-bond donors (Lipinski definition) is 3. The van der Waals surface area contributed by atoms with Crippen LogP contribution in [0.3, 0.4) is 0 Å². The normalized spacial score (nSPS) is 10.0. The van der Waals surface area contributed by atoms with E-state index in [1.54, 1.807) is 42.5 Å². The van der Waals surface area contributed by atoms with E-state index in [1.807, 2.05) is 6.07 Å². The molecule has 0 unspecified atom stereocenters. The number of amides is 2. The lowest BCUT2D eigenvalue weighted by Gasteiger charge is -2.06. The number of rotatable bonds is 4. The van der Waals surface area contributed by atoms with Gasteiger partial charge < -0.3 is 16.8 Å². The summed E-state index contributed by atoms with van der Waals surface area (Å²) in [5.41, 5.74) is 13.1. The molecule has 5 heteroatoms. The molecular formula is C15H15N3O2. The first-order valence-electron chi connectivity index (χ1n) is 6.09. The van der Waals surface area contributed by atoms with Crippen molar-refractivity contribution in [1.82, 2.24) is 5.32 Å². The number of benzene rings is 2. The van der Waals surface area contributed by atoms with Crippen molar-refractivity contribution in [3.63, 3.8) is 0 Å². The predicted molar refractivity (Wildman–Crippen MR) is 77.0 cm³/mol. The Bertz CT molecular complexity index is 636. The van der Waals surface area contributed by atoms with Crippen molar-refractivity contribution in [2.45, 2.75) is 6.54 Å². The Morgan fingerprint density at radius 2 is 1.70 bits per heavy atom. The topological polar surface area (TPSA) is 98.2 Å². The minimum atomic E-state index is -0.489. The minimum Gasteiger partial charge on any atom is -0.399 e. The third-order valence-electron chi connectivity index (χ3n) is 2.84. The summed E-state index contributed by atoms with van der Waals surface area (Å²) < 4.78 is 0. The van der Waals surface area contributed by atoms with Crippen molar-refractivity contribution in [2.24, 2.45) is 5.73 Å². The average molecular weight is 269 g/mol. The van der Waals surface area contributed by atoms with E-state index in [4.69, 9.17) is 11.5 Å². The minimum absolute atomic E-state index is 0.200. The average Bonchev–Trinajstić information content (AvgIpc) is 2.46. The molecule has 2 aromatic carbocycles. The second-order valence-electron chi connectivity index (χ2n) is 4.37. The van der Waals surface area contributed by atoms with E-state index in [0.717, 1.165) is 5.56 Å². The van der Waals surface area contributed by atoms with Gasteiger partial charge in [0.15, 0.2) is 0 Å². The summed E-state index contributed by atoms with van der Waals surface area (Å²) in [5.74, 6) is -0.689. The summed E-state index contributed by atoms with van der Waals surface area (Å²) in [6, 6.07) is 13.5. The lowest BCUT2D eigenvalue weighted by molar-refractivity contribution is 0.0950. The van der Waals surface area contributed by atoms with Crippen LogP contribution < -0.4 is 16.8 Å². The van der Waals surface area contributed by atoms with Crippen molar-refractivity contribution in [3.8, 4) is 0 Å². The van der Waals surface area contributed by atoms with Crippen LogP contribution in [0.25, 0.3) is 0 Å². The maximum absolute atomic E-state index is 11.9. The first-order valence-corrected chi connectivity index (χ1v) is 6.09. The number of nitrogens with one attached hydrogen (secondary N) is 1.